The first-order chi connectivity index (χ1) is 8.83. The summed E-state index contributed by atoms with van der Waals surface area (Å²) in [7, 11) is 0. The van der Waals surface area contributed by atoms with Gasteiger partial charge in [0, 0.05) is 12.6 Å². The third kappa shape index (κ3) is 4.11. The molecule has 0 unspecified atom stereocenters. The fourth-order valence-corrected chi connectivity index (χ4v) is 2.39. The zero-order valence-corrected chi connectivity index (χ0v) is 11.8. The van der Waals surface area contributed by atoms with E-state index < -0.39 is 0 Å². The Morgan fingerprint density at radius 2 is 1.78 bits per heavy atom. The van der Waals surface area contributed by atoms with Crippen molar-refractivity contribution in [3.05, 3.63) is 35.4 Å². The minimum atomic E-state index is 0.864. The molecule has 1 aliphatic rings. The number of nitrogens with one attached hydrogen (secondary N) is 1. The van der Waals surface area contributed by atoms with Crippen LogP contribution in [-0.4, -0.2) is 30.6 Å². The van der Waals surface area contributed by atoms with Crippen LogP contribution in [0.3, 0.4) is 0 Å². The van der Waals surface area contributed by atoms with Gasteiger partial charge < -0.3 is 5.32 Å². The van der Waals surface area contributed by atoms with E-state index in [4.69, 9.17) is 0 Å². The van der Waals surface area contributed by atoms with Crippen LogP contribution in [0.2, 0.25) is 0 Å². The van der Waals surface area contributed by atoms with Crippen molar-refractivity contribution in [2.24, 2.45) is 0 Å². The fraction of sp³-hybridized carbons (Fsp3) is 0.625. The number of likely N-dealkylation sites (N-methyl/N-ethyl adjacent to an activating group) is 1. The van der Waals surface area contributed by atoms with E-state index in [1.165, 1.54) is 30.5 Å². The van der Waals surface area contributed by atoms with Crippen molar-refractivity contribution >= 4 is 0 Å². The molecule has 0 heterocycles. The summed E-state index contributed by atoms with van der Waals surface area (Å²) in [5, 5.41) is 3.37. The van der Waals surface area contributed by atoms with Gasteiger partial charge in [-0.3, -0.25) is 4.90 Å². The monoisotopic (exact) mass is 246 g/mol. The molecule has 0 aromatic heterocycles. The lowest BCUT2D eigenvalue weighted by molar-refractivity contribution is 0.269. The van der Waals surface area contributed by atoms with Crippen LogP contribution in [0.4, 0.5) is 0 Å². The Bertz CT molecular complexity index is 341. The molecule has 0 aliphatic heterocycles. The van der Waals surface area contributed by atoms with E-state index in [9.17, 15) is 0 Å². The standard InChI is InChI=1S/C16H26N2/c1-3-17-12-11-14-5-7-15(8-6-14)13-18(4-2)16-9-10-16/h5-8,16-17H,3-4,9-13H2,1-2H3. The Kier molecular flexibility index (Phi) is 5.21. The zero-order chi connectivity index (χ0) is 12.8. The molecule has 18 heavy (non-hydrogen) atoms. The van der Waals surface area contributed by atoms with Gasteiger partial charge in [-0.25, -0.2) is 0 Å². The van der Waals surface area contributed by atoms with Crippen molar-refractivity contribution < 1.29 is 0 Å². The van der Waals surface area contributed by atoms with E-state index in [2.05, 4.69) is 48.3 Å². The van der Waals surface area contributed by atoms with E-state index >= 15 is 0 Å². The highest BCUT2D eigenvalue weighted by Crippen LogP contribution is 2.27. The van der Waals surface area contributed by atoms with Crippen molar-refractivity contribution in [1.82, 2.24) is 10.2 Å². The molecular formula is C16H26N2. The summed E-state index contributed by atoms with van der Waals surface area (Å²) in [6, 6.07) is 10.0. The van der Waals surface area contributed by atoms with Gasteiger partial charge in [-0.1, -0.05) is 38.1 Å². The Morgan fingerprint density at radius 1 is 1.11 bits per heavy atom. The van der Waals surface area contributed by atoms with Gasteiger partial charge in [-0.15, -0.1) is 0 Å². The van der Waals surface area contributed by atoms with Crippen LogP contribution in [0.25, 0.3) is 0 Å². The van der Waals surface area contributed by atoms with Gasteiger partial charge in [0.05, 0.1) is 0 Å². The van der Waals surface area contributed by atoms with Crippen molar-refractivity contribution in [1.29, 1.82) is 0 Å². The van der Waals surface area contributed by atoms with Gasteiger partial charge in [0.1, 0.15) is 0 Å². The van der Waals surface area contributed by atoms with E-state index in [-0.39, 0.29) is 0 Å². The Labute approximate surface area is 111 Å². The number of rotatable bonds is 8. The van der Waals surface area contributed by atoms with Crippen LogP contribution in [0.1, 0.15) is 37.8 Å². The largest absolute Gasteiger partial charge is 0.317 e. The quantitative estimate of drug-likeness (QED) is 0.710. The van der Waals surface area contributed by atoms with E-state index in [0.29, 0.717) is 0 Å². The van der Waals surface area contributed by atoms with Gasteiger partial charge in [0.2, 0.25) is 0 Å². The first-order valence-electron chi connectivity index (χ1n) is 7.36. The topological polar surface area (TPSA) is 15.3 Å². The van der Waals surface area contributed by atoms with Gasteiger partial charge in [0.15, 0.2) is 0 Å². The molecule has 0 amide bonds. The molecule has 1 aromatic rings. The Hall–Kier alpha value is -0.860. The predicted octanol–water partition coefficient (Wildman–Crippen LogP) is 2.82. The minimum absolute atomic E-state index is 0.864. The minimum Gasteiger partial charge on any atom is -0.317 e. The lowest BCUT2D eigenvalue weighted by Gasteiger charge is -2.19. The highest BCUT2D eigenvalue weighted by Gasteiger charge is 2.27. The lowest BCUT2D eigenvalue weighted by atomic mass is 10.1. The average Bonchev–Trinajstić information content (AvgIpc) is 3.22. The molecular weight excluding hydrogens is 220 g/mol. The van der Waals surface area contributed by atoms with Crippen molar-refractivity contribution in [3.8, 4) is 0 Å². The predicted molar refractivity (Wildman–Crippen MR) is 77.8 cm³/mol. The second kappa shape index (κ2) is 6.91. The molecule has 0 atom stereocenters. The molecule has 1 aliphatic carbocycles. The van der Waals surface area contributed by atoms with E-state index in [1.54, 1.807) is 0 Å². The summed E-state index contributed by atoms with van der Waals surface area (Å²) >= 11 is 0. The molecule has 0 radical (unpaired) electrons. The Balaban J connectivity index is 1.82. The van der Waals surface area contributed by atoms with Crippen LogP contribution in [0.15, 0.2) is 24.3 Å². The maximum atomic E-state index is 3.37. The second-order valence-electron chi connectivity index (χ2n) is 5.21. The molecule has 1 fully saturated rings. The number of benzene rings is 1. The van der Waals surface area contributed by atoms with E-state index in [1.807, 2.05) is 0 Å². The summed E-state index contributed by atoms with van der Waals surface area (Å²) < 4.78 is 0. The normalized spacial score (nSPS) is 15.3. The smallest absolute Gasteiger partial charge is 0.0236 e. The van der Waals surface area contributed by atoms with Crippen molar-refractivity contribution in [2.75, 3.05) is 19.6 Å². The molecule has 0 bridgehead atoms. The van der Waals surface area contributed by atoms with Crippen LogP contribution in [-0.2, 0) is 13.0 Å². The van der Waals surface area contributed by atoms with E-state index in [0.717, 1.165) is 32.1 Å². The fourth-order valence-electron chi connectivity index (χ4n) is 2.39. The van der Waals surface area contributed by atoms with Crippen LogP contribution >= 0.6 is 0 Å². The van der Waals surface area contributed by atoms with Gasteiger partial charge in [-0.05, 0) is 50.0 Å². The lowest BCUT2D eigenvalue weighted by Crippen LogP contribution is -2.24. The summed E-state index contributed by atoms with van der Waals surface area (Å²) in [6.07, 6.45) is 3.93. The molecule has 2 nitrogen and oxygen atoms in total. The summed E-state index contributed by atoms with van der Waals surface area (Å²) in [6.45, 7) is 8.86. The summed E-state index contributed by atoms with van der Waals surface area (Å²) in [4.78, 5) is 2.59. The molecule has 0 spiro atoms. The first-order valence-corrected chi connectivity index (χ1v) is 7.36. The molecule has 1 saturated carbocycles. The second-order valence-corrected chi connectivity index (χ2v) is 5.21. The molecule has 1 aromatic carbocycles. The highest BCUT2D eigenvalue weighted by atomic mass is 15.2. The maximum absolute atomic E-state index is 3.37. The number of hydrogen-bond acceptors (Lipinski definition) is 2. The molecule has 1 N–H and O–H groups in total. The summed E-state index contributed by atoms with van der Waals surface area (Å²) in [5.41, 5.74) is 2.89. The van der Waals surface area contributed by atoms with Crippen LogP contribution in [0.5, 0.6) is 0 Å². The Morgan fingerprint density at radius 3 is 2.33 bits per heavy atom. The van der Waals surface area contributed by atoms with Crippen LogP contribution in [0, 0.1) is 0 Å². The third-order valence-electron chi connectivity index (χ3n) is 3.72. The molecule has 0 saturated heterocycles. The van der Waals surface area contributed by atoms with Gasteiger partial charge in [-0.2, -0.15) is 0 Å². The van der Waals surface area contributed by atoms with Crippen molar-refractivity contribution in [3.63, 3.8) is 0 Å². The zero-order valence-electron chi connectivity index (χ0n) is 11.8. The van der Waals surface area contributed by atoms with Gasteiger partial charge in [0.25, 0.3) is 0 Å². The first kappa shape index (κ1) is 13.6. The van der Waals surface area contributed by atoms with Crippen LogP contribution < -0.4 is 5.32 Å². The van der Waals surface area contributed by atoms with Crippen molar-refractivity contribution in [2.45, 2.75) is 45.7 Å². The number of nitrogens with zero attached hydrogens (tertiary/aromatic N) is 1. The highest BCUT2D eigenvalue weighted by molar-refractivity contribution is 5.23. The number of hydrogen-bond donors (Lipinski definition) is 1. The average molecular weight is 246 g/mol. The molecule has 2 heteroatoms. The SMILES string of the molecule is CCNCCc1ccc(CN(CC)C2CC2)cc1. The third-order valence-corrected chi connectivity index (χ3v) is 3.72. The molecule has 100 valence electrons. The van der Waals surface area contributed by atoms with Gasteiger partial charge >= 0.3 is 0 Å². The summed E-state index contributed by atoms with van der Waals surface area (Å²) in [5.74, 6) is 0. The molecule has 2 rings (SSSR count). The maximum Gasteiger partial charge on any atom is 0.0236 e.